The van der Waals surface area contributed by atoms with E-state index >= 15 is 0 Å². The van der Waals surface area contributed by atoms with Crippen LogP contribution in [0.25, 0.3) is 0 Å². The highest BCUT2D eigenvalue weighted by molar-refractivity contribution is 5.70. The molecule has 0 amide bonds. The fraction of sp³-hybridized carbons (Fsp3) is 0.900. The summed E-state index contributed by atoms with van der Waals surface area (Å²) in [4.78, 5) is 21.6. The van der Waals surface area contributed by atoms with E-state index in [4.69, 9.17) is 29.9 Å². The first-order valence-electron chi connectivity index (χ1n) is 10.2. The van der Waals surface area contributed by atoms with E-state index in [-0.39, 0.29) is 25.6 Å². The highest BCUT2D eigenvalue weighted by Gasteiger charge is 2.21. The molecule has 8 nitrogen and oxygen atoms in total. The second kappa shape index (κ2) is 22.1. The number of ether oxygens (including phenoxy) is 2. The molecule has 0 saturated heterocycles. The van der Waals surface area contributed by atoms with Gasteiger partial charge in [0.2, 0.25) is 0 Å². The highest BCUT2D eigenvalue weighted by Crippen LogP contribution is 2.25. The molecule has 0 spiro atoms. The van der Waals surface area contributed by atoms with Gasteiger partial charge in [0, 0.05) is 6.42 Å². The lowest BCUT2D eigenvalue weighted by molar-refractivity contribution is -0.143. The molecule has 0 aromatic carbocycles. The maximum atomic E-state index is 11.2. The molecule has 28 heavy (non-hydrogen) atoms. The Morgan fingerprint density at radius 1 is 0.857 bits per heavy atom. The molecule has 2 atom stereocenters. The molecular weight excluding hydrogens is 368 g/mol. The molecule has 0 aliphatic rings. The zero-order valence-electron chi connectivity index (χ0n) is 17.5. The number of aliphatic hydroxyl groups excluding tert-OH is 2. The minimum absolute atomic E-state index is 0.0417. The second-order valence-electron chi connectivity index (χ2n) is 6.65. The summed E-state index contributed by atoms with van der Waals surface area (Å²) in [5.41, 5.74) is 0. The van der Waals surface area contributed by atoms with Crippen LogP contribution in [0.5, 0.6) is 0 Å². The zero-order valence-corrected chi connectivity index (χ0v) is 17.5. The molecule has 0 aliphatic carbocycles. The third-order valence-electron chi connectivity index (χ3n) is 4.30. The van der Waals surface area contributed by atoms with Crippen molar-refractivity contribution in [3.63, 3.8) is 0 Å². The summed E-state index contributed by atoms with van der Waals surface area (Å²) >= 11 is 0. The Labute approximate surface area is 168 Å². The van der Waals surface area contributed by atoms with Crippen molar-refractivity contribution in [1.82, 2.24) is 0 Å². The quantitative estimate of drug-likeness (QED) is 0.254. The monoisotopic (exact) mass is 408 g/mol. The van der Waals surface area contributed by atoms with E-state index in [0.29, 0.717) is 51.6 Å². The molecule has 0 aromatic heterocycles. The van der Waals surface area contributed by atoms with Gasteiger partial charge in [0.1, 0.15) is 0 Å². The first kappa shape index (κ1) is 29.0. The van der Waals surface area contributed by atoms with Gasteiger partial charge in [-0.15, -0.1) is 0 Å². The lowest BCUT2D eigenvalue weighted by atomic mass is 9.86. The van der Waals surface area contributed by atoms with E-state index in [2.05, 4.69) is 13.8 Å². The predicted octanol–water partition coefficient (Wildman–Crippen LogP) is 2.55. The average Bonchev–Trinajstić information content (AvgIpc) is 2.66. The normalized spacial score (nSPS) is 12.7. The minimum atomic E-state index is -0.850. The van der Waals surface area contributed by atoms with Gasteiger partial charge in [0.05, 0.1) is 45.6 Å². The Morgan fingerprint density at radius 2 is 1.43 bits per heavy atom. The highest BCUT2D eigenvalue weighted by atomic mass is 16.5. The molecular formula is C20H40O8. The van der Waals surface area contributed by atoms with Crippen LogP contribution in [0.15, 0.2) is 0 Å². The Bertz CT molecular complexity index is 354. The van der Waals surface area contributed by atoms with E-state index < -0.39 is 11.9 Å². The fourth-order valence-corrected chi connectivity index (χ4v) is 2.68. The van der Waals surface area contributed by atoms with Gasteiger partial charge in [-0.2, -0.15) is 0 Å². The van der Waals surface area contributed by atoms with Crippen LogP contribution in [0.2, 0.25) is 0 Å². The first-order chi connectivity index (χ1) is 13.4. The van der Waals surface area contributed by atoms with Gasteiger partial charge >= 0.3 is 11.9 Å². The number of carboxylic acid groups (broad SMARTS) is 2. The molecule has 8 heteroatoms. The number of carbonyl (C=O) groups is 2. The van der Waals surface area contributed by atoms with Crippen molar-refractivity contribution in [3.05, 3.63) is 0 Å². The number of hydrogen-bond donors (Lipinski definition) is 4. The van der Waals surface area contributed by atoms with Crippen LogP contribution in [-0.2, 0) is 19.1 Å². The van der Waals surface area contributed by atoms with Crippen LogP contribution >= 0.6 is 0 Å². The van der Waals surface area contributed by atoms with Gasteiger partial charge in [-0.3, -0.25) is 9.59 Å². The van der Waals surface area contributed by atoms with Crippen LogP contribution in [0.1, 0.15) is 65.2 Å². The summed E-state index contributed by atoms with van der Waals surface area (Å²) in [7, 11) is 0. The van der Waals surface area contributed by atoms with Crippen molar-refractivity contribution in [1.29, 1.82) is 0 Å². The standard InChI is InChI=1S/C14H26O4.C6H14O4/c1-3-5-7-11(4-2)10-12(14(17)18)8-6-9-13(15)16;7-1-3-9-5-6-10-4-2-8/h11-12H,3-10H2,1-2H3,(H,15,16)(H,17,18);7-8H,1-6H2. The molecule has 2 unspecified atom stereocenters. The molecule has 0 fully saturated rings. The Hall–Kier alpha value is -1.22. The summed E-state index contributed by atoms with van der Waals surface area (Å²) in [5, 5.41) is 34.2. The van der Waals surface area contributed by atoms with Crippen molar-refractivity contribution in [2.45, 2.75) is 65.2 Å². The number of carboxylic acids is 2. The Balaban J connectivity index is 0. The number of aliphatic carboxylic acids is 2. The zero-order chi connectivity index (χ0) is 21.6. The second-order valence-corrected chi connectivity index (χ2v) is 6.65. The molecule has 0 heterocycles. The molecule has 0 rings (SSSR count). The van der Waals surface area contributed by atoms with Gasteiger partial charge in [0.25, 0.3) is 0 Å². The van der Waals surface area contributed by atoms with Crippen LogP contribution in [-0.4, -0.2) is 72.0 Å². The largest absolute Gasteiger partial charge is 0.481 e. The molecule has 4 N–H and O–H groups in total. The van der Waals surface area contributed by atoms with Crippen LogP contribution < -0.4 is 0 Å². The third kappa shape index (κ3) is 21.1. The summed E-state index contributed by atoms with van der Waals surface area (Å²) < 4.78 is 9.75. The van der Waals surface area contributed by atoms with Crippen LogP contribution in [0, 0.1) is 11.8 Å². The number of hydrogen-bond acceptors (Lipinski definition) is 6. The summed E-state index contributed by atoms with van der Waals surface area (Å²) in [5.74, 6) is -1.56. The molecule has 0 aliphatic heterocycles. The van der Waals surface area contributed by atoms with Gasteiger partial charge in [-0.25, -0.2) is 0 Å². The third-order valence-corrected chi connectivity index (χ3v) is 4.30. The van der Waals surface area contributed by atoms with Gasteiger partial charge in [-0.05, 0) is 25.2 Å². The molecule has 0 aromatic rings. The van der Waals surface area contributed by atoms with Crippen molar-refractivity contribution in [2.24, 2.45) is 11.8 Å². The van der Waals surface area contributed by atoms with Crippen molar-refractivity contribution in [3.8, 4) is 0 Å². The number of unbranched alkanes of at least 4 members (excludes halogenated alkanes) is 1. The molecule has 168 valence electrons. The van der Waals surface area contributed by atoms with Gasteiger partial charge in [0.15, 0.2) is 0 Å². The van der Waals surface area contributed by atoms with E-state index in [9.17, 15) is 9.59 Å². The van der Waals surface area contributed by atoms with E-state index in [1.807, 2.05) is 0 Å². The maximum absolute atomic E-state index is 11.2. The fourth-order valence-electron chi connectivity index (χ4n) is 2.68. The van der Waals surface area contributed by atoms with E-state index in [1.54, 1.807) is 0 Å². The smallest absolute Gasteiger partial charge is 0.306 e. The van der Waals surface area contributed by atoms with E-state index in [1.165, 1.54) is 0 Å². The SMILES string of the molecule is CCCCC(CC)CC(CCCC(=O)O)C(=O)O.OCCOCCOCCO. The summed E-state index contributed by atoms with van der Waals surface area (Å²) in [6.45, 7) is 5.96. The Morgan fingerprint density at radius 3 is 1.82 bits per heavy atom. The van der Waals surface area contributed by atoms with Crippen LogP contribution in [0.4, 0.5) is 0 Å². The summed E-state index contributed by atoms with van der Waals surface area (Å²) in [6, 6.07) is 0. The van der Waals surface area contributed by atoms with Crippen LogP contribution in [0.3, 0.4) is 0 Å². The van der Waals surface area contributed by atoms with Gasteiger partial charge < -0.3 is 29.9 Å². The lowest BCUT2D eigenvalue weighted by Crippen LogP contribution is -2.18. The molecule has 0 radical (unpaired) electrons. The maximum Gasteiger partial charge on any atom is 0.306 e. The van der Waals surface area contributed by atoms with Crippen molar-refractivity contribution >= 4 is 11.9 Å². The lowest BCUT2D eigenvalue weighted by Gasteiger charge is -2.19. The number of aliphatic hydroxyl groups is 2. The first-order valence-corrected chi connectivity index (χ1v) is 10.2. The van der Waals surface area contributed by atoms with Crippen molar-refractivity contribution in [2.75, 3.05) is 39.6 Å². The predicted molar refractivity (Wildman–Crippen MR) is 106 cm³/mol. The Kier molecular flexibility index (Phi) is 22.8. The number of rotatable bonds is 18. The topological polar surface area (TPSA) is 134 Å². The van der Waals surface area contributed by atoms with Gasteiger partial charge in [-0.1, -0.05) is 39.5 Å². The minimum Gasteiger partial charge on any atom is -0.481 e. The van der Waals surface area contributed by atoms with Crippen molar-refractivity contribution < 1.29 is 39.5 Å². The molecule has 0 saturated carbocycles. The average molecular weight is 409 g/mol. The van der Waals surface area contributed by atoms with E-state index in [0.717, 1.165) is 25.7 Å². The summed E-state index contributed by atoms with van der Waals surface area (Å²) in [6.07, 6.45) is 6.04. The molecule has 0 bridgehead atoms.